The fraction of sp³-hybridized carbons (Fsp3) is 0.278. The van der Waals surface area contributed by atoms with Crippen molar-refractivity contribution in [3.05, 3.63) is 70.3 Å². The van der Waals surface area contributed by atoms with Gasteiger partial charge in [-0.05, 0) is 24.1 Å². The van der Waals surface area contributed by atoms with E-state index in [-0.39, 0.29) is 25.4 Å². The molecule has 1 atom stereocenters. The first-order valence-corrected chi connectivity index (χ1v) is 8.03. The highest BCUT2D eigenvalue weighted by Crippen LogP contribution is 2.13. The number of aliphatic hydroxyl groups excluding tert-OH is 1. The number of para-hydroxylation sites is 1. The summed E-state index contributed by atoms with van der Waals surface area (Å²) >= 11 is 0. The predicted octanol–water partition coefficient (Wildman–Crippen LogP) is 2.56. The number of amides is 1. The van der Waals surface area contributed by atoms with Gasteiger partial charge in [-0.3, -0.25) is 10.1 Å². The molecule has 0 aliphatic rings. The minimum atomic E-state index is -1.15. The quantitative estimate of drug-likeness (QED) is 0.525. The van der Waals surface area contributed by atoms with E-state index in [2.05, 4.69) is 0 Å². The fourth-order valence-electron chi connectivity index (χ4n) is 2.33. The first kappa shape index (κ1) is 19.2. The van der Waals surface area contributed by atoms with E-state index >= 15 is 0 Å². The SMILES string of the molecule is O=C(O)N(CCc1ccc([N+](=O)[O-])cc1)C[C@H](O)COc1ccccc1. The molecule has 2 aromatic rings. The van der Waals surface area contributed by atoms with Gasteiger partial charge in [0.25, 0.3) is 5.69 Å². The van der Waals surface area contributed by atoms with E-state index in [0.717, 1.165) is 10.5 Å². The van der Waals surface area contributed by atoms with Crippen LogP contribution in [0.2, 0.25) is 0 Å². The zero-order chi connectivity index (χ0) is 18.9. The highest BCUT2D eigenvalue weighted by atomic mass is 16.6. The van der Waals surface area contributed by atoms with Crippen LogP contribution in [0.5, 0.6) is 5.75 Å². The summed E-state index contributed by atoms with van der Waals surface area (Å²) in [5, 5.41) is 29.9. The van der Waals surface area contributed by atoms with Gasteiger partial charge in [-0.1, -0.05) is 30.3 Å². The van der Waals surface area contributed by atoms with Gasteiger partial charge >= 0.3 is 6.09 Å². The summed E-state index contributed by atoms with van der Waals surface area (Å²) in [6, 6.07) is 14.9. The summed E-state index contributed by atoms with van der Waals surface area (Å²) in [6.45, 7) is 0.0516. The summed E-state index contributed by atoms with van der Waals surface area (Å²) in [7, 11) is 0. The summed E-state index contributed by atoms with van der Waals surface area (Å²) < 4.78 is 5.41. The van der Waals surface area contributed by atoms with Gasteiger partial charge in [0.1, 0.15) is 18.5 Å². The van der Waals surface area contributed by atoms with Crippen LogP contribution in [0.3, 0.4) is 0 Å². The van der Waals surface area contributed by atoms with E-state index in [1.54, 1.807) is 36.4 Å². The second-order valence-electron chi connectivity index (χ2n) is 5.68. The summed E-state index contributed by atoms with van der Waals surface area (Å²) in [4.78, 5) is 22.6. The van der Waals surface area contributed by atoms with E-state index in [1.807, 2.05) is 6.07 Å². The molecule has 2 N–H and O–H groups in total. The van der Waals surface area contributed by atoms with Gasteiger partial charge in [0.2, 0.25) is 0 Å². The van der Waals surface area contributed by atoms with Crippen LogP contribution in [0.15, 0.2) is 54.6 Å². The average Bonchev–Trinajstić information content (AvgIpc) is 2.64. The Morgan fingerprint density at radius 3 is 2.38 bits per heavy atom. The molecule has 0 fully saturated rings. The maximum absolute atomic E-state index is 11.4. The smallest absolute Gasteiger partial charge is 0.407 e. The Morgan fingerprint density at radius 2 is 1.81 bits per heavy atom. The molecule has 0 aliphatic carbocycles. The molecular weight excluding hydrogens is 340 g/mol. The van der Waals surface area contributed by atoms with Gasteiger partial charge in [0, 0.05) is 18.7 Å². The van der Waals surface area contributed by atoms with Crippen molar-refractivity contribution in [2.45, 2.75) is 12.5 Å². The van der Waals surface area contributed by atoms with Gasteiger partial charge in [-0.15, -0.1) is 0 Å². The number of hydrogen-bond acceptors (Lipinski definition) is 5. The van der Waals surface area contributed by atoms with E-state index in [9.17, 15) is 25.1 Å². The lowest BCUT2D eigenvalue weighted by molar-refractivity contribution is -0.384. The molecule has 2 rings (SSSR count). The number of benzene rings is 2. The standard InChI is InChI=1S/C18H20N2O6/c21-16(13-26-17-4-2-1-3-5-17)12-19(18(22)23)11-10-14-6-8-15(9-7-14)20(24)25/h1-9,16,21H,10-13H2,(H,22,23)/t16-/m0/s1. The first-order valence-electron chi connectivity index (χ1n) is 8.03. The molecule has 2 aromatic carbocycles. The Bertz CT molecular complexity index is 720. The Kier molecular flexibility index (Phi) is 6.92. The first-order chi connectivity index (χ1) is 12.5. The van der Waals surface area contributed by atoms with Crippen molar-refractivity contribution in [3.8, 4) is 5.75 Å². The number of non-ortho nitro benzene ring substituents is 1. The molecule has 0 heterocycles. The zero-order valence-corrected chi connectivity index (χ0v) is 14.0. The monoisotopic (exact) mass is 360 g/mol. The molecule has 1 amide bonds. The van der Waals surface area contributed by atoms with Crippen molar-refractivity contribution >= 4 is 11.8 Å². The highest BCUT2D eigenvalue weighted by molar-refractivity contribution is 5.65. The number of nitrogens with zero attached hydrogens (tertiary/aromatic N) is 2. The second kappa shape index (κ2) is 9.38. The Hall–Kier alpha value is -3.13. The molecule has 0 spiro atoms. The lowest BCUT2D eigenvalue weighted by atomic mass is 10.1. The van der Waals surface area contributed by atoms with E-state index in [0.29, 0.717) is 12.2 Å². The van der Waals surface area contributed by atoms with Crippen LogP contribution in [0, 0.1) is 10.1 Å². The molecular formula is C18H20N2O6. The molecule has 138 valence electrons. The molecule has 0 aliphatic heterocycles. The Morgan fingerprint density at radius 1 is 1.15 bits per heavy atom. The van der Waals surface area contributed by atoms with Crippen LogP contribution in [0.25, 0.3) is 0 Å². The molecule has 0 unspecified atom stereocenters. The summed E-state index contributed by atoms with van der Waals surface area (Å²) in [5.74, 6) is 0.597. The third-order valence-corrected chi connectivity index (χ3v) is 3.70. The highest BCUT2D eigenvalue weighted by Gasteiger charge is 2.17. The van der Waals surface area contributed by atoms with Gasteiger partial charge in [-0.25, -0.2) is 4.79 Å². The average molecular weight is 360 g/mol. The minimum Gasteiger partial charge on any atom is -0.491 e. The van der Waals surface area contributed by atoms with Gasteiger partial charge < -0.3 is 19.8 Å². The number of carboxylic acid groups (broad SMARTS) is 1. The maximum atomic E-state index is 11.4. The molecule has 0 bridgehead atoms. The summed E-state index contributed by atoms with van der Waals surface area (Å²) in [6.07, 6.45) is -1.73. The molecule has 0 saturated heterocycles. The molecule has 26 heavy (non-hydrogen) atoms. The second-order valence-corrected chi connectivity index (χ2v) is 5.68. The van der Waals surface area contributed by atoms with Gasteiger partial charge in [0.15, 0.2) is 0 Å². The molecule has 0 radical (unpaired) electrons. The third kappa shape index (κ3) is 6.06. The van der Waals surface area contributed by atoms with E-state index in [4.69, 9.17) is 4.74 Å². The van der Waals surface area contributed by atoms with Crippen molar-refractivity contribution in [1.29, 1.82) is 0 Å². The fourth-order valence-corrected chi connectivity index (χ4v) is 2.33. The summed E-state index contributed by atoms with van der Waals surface area (Å²) in [5.41, 5.74) is 0.759. The van der Waals surface area contributed by atoms with Crippen LogP contribution in [-0.2, 0) is 6.42 Å². The van der Waals surface area contributed by atoms with Crippen LogP contribution in [-0.4, -0.2) is 51.9 Å². The Labute approximate surface area is 150 Å². The minimum absolute atomic E-state index is 0.0164. The van der Waals surface area contributed by atoms with Crippen LogP contribution in [0.4, 0.5) is 10.5 Å². The van der Waals surface area contributed by atoms with Crippen LogP contribution in [0.1, 0.15) is 5.56 Å². The largest absolute Gasteiger partial charge is 0.491 e. The van der Waals surface area contributed by atoms with Gasteiger partial charge in [0.05, 0.1) is 11.5 Å². The van der Waals surface area contributed by atoms with Crippen molar-refractivity contribution < 1.29 is 24.7 Å². The van der Waals surface area contributed by atoms with Crippen molar-refractivity contribution in [2.24, 2.45) is 0 Å². The van der Waals surface area contributed by atoms with E-state index in [1.165, 1.54) is 12.1 Å². The van der Waals surface area contributed by atoms with Gasteiger partial charge in [-0.2, -0.15) is 0 Å². The number of nitro benzene ring substituents is 1. The van der Waals surface area contributed by atoms with Crippen molar-refractivity contribution in [2.75, 3.05) is 19.7 Å². The number of nitro groups is 1. The number of aliphatic hydroxyl groups is 1. The van der Waals surface area contributed by atoms with Crippen LogP contribution < -0.4 is 4.74 Å². The lowest BCUT2D eigenvalue weighted by Crippen LogP contribution is -2.40. The maximum Gasteiger partial charge on any atom is 0.407 e. The van der Waals surface area contributed by atoms with Crippen LogP contribution >= 0.6 is 0 Å². The zero-order valence-electron chi connectivity index (χ0n) is 14.0. The molecule has 0 saturated carbocycles. The Balaban J connectivity index is 1.83. The molecule has 0 aromatic heterocycles. The predicted molar refractivity (Wildman–Crippen MR) is 94.3 cm³/mol. The normalized spacial score (nSPS) is 11.6. The number of carbonyl (C=O) groups is 1. The van der Waals surface area contributed by atoms with Crippen molar-refractivity contribution in [3.63, 3.8) is 0 Å². The molecule has 8 heteroatoms. The number of hydrogen-bond donors (Lipinski definition) is 2. The number of rotatable bonds is 9. The van der Waals surface area contributed by atoms with Crippen molar-refractivity contribution in [1.82, 2.24) is 4.90 Å². The third-order valence-electron chi connectivity index (χ3n) is 3.70. The number of ether oxygens (including phenoxy) is 1. The van der Waals surface area contributed by atoms with E-state index < -0.39 is 17.1 Å². The topological polar surface area (TPSA) is 113 Å². The lowest BCUT2D eigenvalue weighted by Gasteiger charge is -2.22. The molecule has 8 nitrogen and oxygen atoms in total.